The summed E-state index contributed by atoms with van der Waals surface area (Å²) in [6.45, 7) is 1.92. The number of rotatable bonds is 3. The molecule has 0 saturated heterocycles. The lowest BCUT2D eigenvalue weighted by atomic mass is 9.87. The van der Waals surface area contributed by atoms with Gasteiger partial charge in [-0.15, -0.1) is 0 Å². The maximum Gasteiger partial charge on any atom is 0.251 e. The normalized spacial score (nSPS) is 19.2. The molecule has 1 saturated carbocycles. The smallest absolute Gasteiger partial charge is 0.251 e. The first-order valence-corrected chi connectivity index (χ1v) is 6.51. The van der Waals surface area contributed by atoms with Crippen LogP contribution in [0, 0.1) is 0 Å². The van der Waals surface area contributed by atoms with Crippen molar-refractivity contribution in [2.24, 2.45) is 5.73 Å². The number of H-pyrrole nitrogens is 1. The van der Waals surface area contributed by atoms with Crippen LogP contribution in [0.3, 0.4) is 0 Å². The lowest BCUT2D eigenvalue weighted by molar-refractivity contribution is 0.434. The highest BCUT2D eigenvalue weighted by Gasteiger charge is 2.18. The highest BCUT2D eigenvalue weighted by molar-refractivity contribution is 5.10. The van der Waals surface area contributed by atoms with Crippen LogP contribution in [0.15, 0.2) is 10.9 Å². The summed E-state index contributed by atoms with van der Waals surface area (Å²) >= 11 is 0. The van der Waals surface area contributed by atoms with E-state index in [0.717, 1.165) is 24.4 Å². The van der Waals surface area contributed by atoms with E-state index in [0.29, 0.717) is 12.3 Å². The van der Waals surface area contributed by atoms with Crippen LogP contribution >= 0.6 is 0 Å². The van der Waals surface area contributed by atoms with Crippen molar-refractivity contribution < 1.29 is 0 Å². The number of aromatic nitrogens is 2. The molecule has 4 nitrogen and oxygen atoms in total. The fourth-order valence-electron chi connectivity index (χ4n) is 2.54. The molecule has 1 aliphatic carbocycles. The zero-order chi connectivity index (χ0) is 12.3. The largest absolute Gasteiger partial charge is 0.328 e. The van der Waals surface area contributed by atoms with Gasteiger partial charge in [0.05, 0.1) is 5.69 Å². The topological polar surface area (TPSA) is 71.8 Å². The Morgan fingerprint density at radius 2 is 2.18 bits per heavy atom. The van der Waals surface area contributed by atoms with Crippen LogP contribution in [0.25, 0.3) is 0 Å². The van der Waals surface area contributed by atoms with E-state index in [2.05, 4.69) is 9.97 Å². The molecule has 4 heteroatoms. The fourth-order valence-corrected chi connectivity index (χ4v) is 2.54. The molecule has 94 valence electrons. The molecule has 3 N–H and O–H groups in total. The van der Waals surface area contributed by atoms with Crippen molar-refractivity contribution >= 4 is 0 Å². The summed E-state index contributed by atoms with van der Waals surface area (Å²) in [5.74, 6) is 1.20. The van der Waals surface area contributed by atoms with Gasteiger partial charge in [0.1, 0.15) is 5.82 Å². The standard InChI is InChI=1S/C13H21N3O/c1-9(14)7-12-15-11(8-13(17)16-12)10-5-3-2-4-6-10/h8-10H,2-7,14H2,1H3,(H,15,16,17). The van der Waals surface area contributed by atoms with E-state index >= 15 is 0 Å². The van der Waals surface area contributed by atoms with E-state index in [1.807, 2.05) is 6.92 Å². The average Bonchev–Trinajstić information content (AvgIpc) is 2.28. The number of nitrogens with two attached hydrogens (primary N) is 1. The number of nitrogens with one attached hydrogen (secondary N) is 1. The monoisotopic (exact) mass is 235 g/mol. The van der Waals surface area contributed by atoms with Gasteiger partial charge in [-0.2, -0.15) is 0 Å². The molecule has 1 aromatic heterocycles. The summed E-state index contributed by atoms with van der Waals surface area (Å²) in [7, 11) is 0. The van der Waals surface area contributed by atoms with E-state index in [1.165, 1.54) is 19.3 Å². The van der Waals surface area contributed by atoms with Crippen molar-refractivity contribution in [1.82, 2.24) is 9.97 Å². The van der Waals surface area contributed by atoms with Crippen molar-refractivity contribution in [2.45, 2.75) is 57.4 Å². The minimum absolute atomic E-state index is 0.0276. The van der Waals surface area contributed by atoms with Gasteiger partial charge in [-0.05, 0) is 19.8 Å². The zero-order valence-electron chi connectivity index (χ0n) is 10.4. The summed E-state index contributed by atoms with van der Waals surface area (Å²) in [6.07, 6.45) is 6.77. The second-order valence-corrected chi connectivity index (χ2v) is 5.13. The first-order chi connectivity index (χ1) is 8.15. The van der Waals surface area contributed by atoms with E-state index in [-0.39, 0.29) is 11.6 Å². The molecule has 2 rings (SSSR count). The van der Waals surface area contributed by atoms with Gasteiger partial charge >= 0.3 is 0 Å². The second kappa shape index (κ2) is 5.45. The summed E-state index contributed by atoms with van der Waals surface area (Å²) < 4.78 is 0. The molecular weight excluding hydrogens is 214 g/mol. The highest BCUT2D eigenvalue weighted by atomic mass is 16.1. The Balaban J connectivity index is 2.21. The van der Waals surface area contributed by atoms with Crippen molar-refractivity contribution in [1.29, 1.82) is 0 Å². The minimum atomic E-state index is -0.0452. The van der Waals surface area contributed by atoms with Crippen LogP contribution in [0.2, 0.25) is 0 Å². The van der Waals surface area contributed by atoms with Crippen molar-refractivity contribution in [3.05, 3.63) is 27.9 Å². The first-order valence-electron chi connectivity index (χ1n) is 6.51. The Hall–Kier alpha value is -1.16. The molecule has 0 aliphatic heterocycles. The van der Waals surface area contributed by atoms with Gasteiger partial charge in [-0.3, -0.25) is 4.79 Å². The third kappa shape index (κ3) is 3.40. The molecule has 0 spiro atoms. The molecule has 1 aliphatic rings. The number of hydrogen-bond donors (Lipinski definition) is 2. The molecule has 1 atom stereocenters. The number of nitrogens with zero attached hydrogens (tertiary/aromatic N) is 1. The van der Waals surface area contributed by atoms with Crippen molar-refractivity contribution in [3.63, 3.8) is 0 Å². The molecule has 1 unspecified atom stereocenters. The van der Waals surface area contributed by atoms with Gasteiger partial charge in [0.2, 0.25) is 0 Å². The summed E-state index contributed by atoms with van der Waals surface area (Å²) in [4.78, 5) is 18.9. The zero-order valence-corrected chi connectivity index (χ0v) is 10.4. The summed E-state index contributed by atoms with van der Waals surface area (Å²) in [5, 5.41) is 0. The molecular formula is C13H21N3O. The lowest BCUT2D eigenvalue weighted by Crippen LogP contribution is -2.23. The van der Waals surface area contributed by atoms with Crippen LogP contribution in [-0.4, -0.2) is 16.0 Å². The Labute approximate surface area is 102 Å². The quantitative estimate of drug-likeness (QED) is 0.837. The predicted molar refractivity (Wildman–Crippen MR) is 68.0 cm³/mol. The van der Waals surface area contributed by atoms with Gasteiger partial charge in [-0.1, -0.05) is 19.3 Å². The summed E-state index contributed by atoms with van der Waals surface area (Å²) in [6, 6.07) is 1.68. The third-order valence-electron chi connectivity index (χ3n) is 3.35. The van der Waals surface area contributed by atoms with E-state index < -0.39 is 0 Å². The van der Waals surface area contributed by atoms with E-state index in [4.69, 9.17) is 5.73 Å². The van der Waals surface area contributed by atoms with Gasteiger partial charge in [0, 0.05) is 24.4 Å². The maximum absolute atomic E-state index is 11.6. The number of aromatic amines is 1. The molecule has 1 heterocycles. The molecule has 17 heavy (non-hydrogen) atoms. The molecule has 0 bridgehead atoms. The maximum atomic E-state index is 11.6. The Kier molecular flexibility index (Phi) is 3.94. The SMILES string of the molecule is CC(N)Cc1nc(C2CCCCC2)cc(=O)[nH]1. The first kappa shape index (κ1) is 12.3. The molecule has 0 amide bonds. The minimum Gasteiger partial charge on any atom is -0.328 e. The van der Waals surface area contributed by atoms with E-state index in [1.54, 1.807) is 6.07 Å². The molecule has 0 radical (unpaired) electrons. The fraction of sp³-hybridized carbons (Fsp3) is 0.692. The van der Waals surface area contributed by atoms with Crippen LogP contribution in [0.1, 0.15) is 56.5 Å². The highest BCUT2D eigenvalue weighted by Crippen LogP contribution is 2.30. The average molecular weight is 235 g/mol. The lowest BCUT2D eigenvalue weighted by Gasteiger charge is -2.21. The van der Waals surface area contributed by atoms with Gasteiger partial charge in [0.15, 0.2) is 0 Å². The van der Waals surface area contributed by atoms with Crippen LogP contribution in [0.4, 0.5) is 0 Å². The van der Waals surface area contributed by atoms with Crippen LogP contribution in [-0.2, 0) is 6.42 Å². The van der Waals surface area contributed by atoms with Crippen LogP contribution in [0.5, 0.6) is 0 Å². The van der Waals surface area contributed by atoms with Crippen LogP contribution < -0.4 is 11.3 Å². The van der Waals surface area contributed by atoms with E-state index in [9.17, 15) is 4.79 Å². The van der Waals surface area contributed by atoms with Gasteiger partial charge in [0.25, 0.3) is 5.56 Å². The van der Waals surface area contributed by atoms with Gasteiger partial charge in [-0.25, -0.2) is 4.98 Å². The Morgan fingerprint density at radius 3 is 2.82 bits per heavy atom. The molecule has 1 fully saturated rings. The Morgan fingerprint density at radius 1 is 1.47 bits per heavy atom. The van der Waals surface area contributed by atoms with Crippen molar-refractivity contribution in [3.8, 4) is 0 Å². The third-order valence-corrected chi connectivity index (χ3v) is 3.35. The molecule has 1 aromatic rings. The molecule has 0 aromatic carbocycles. The second-order valence-electron chi connectivity index (χ2n) is 5.13. The predicted octanol–water partition coefficient (Wildman–Crippen LogP) is 1.71. The number of hydrogen-bond acceptors (Lipinski definition) is 3. The van der Waals surface area contributed by atoms with Crippen molar-refractivity contribution in [2.75, 3.05) is 0 Å². The Bertz CT molecular complexity index is 419. The van der Waals surface area contributed by atoms with Gasteiger partial charge < -0.3 is 10.7 Å². The summed E-state index contributed by atoms with van der Waals surface area (Å²) in [5.41, 5.74) is 6.66.